The van der Waals surface area contributed by atoms with Crippen LogP contribution < -0.4 is 5.73 Å². The van der Waals surface area contributed by atoms with Gasteiger partial charge in [0.25, 0.3) is 0 Å². The van der Waals surface area contributed by atoms with Gasteiger partial charge < -0.3 is 5.73 Å². The van der Waals surface area contributed by atoms with E-state index in [1.165, 1.54) is 6.07 Å². The lowest BCUT2D eigenvalue weighted by Gasteiger charge is -2.14. The second kappa shape index (κ2) is 5.75. The Labute approximate surface area is 117 Å². The predicted octanol–water partition coefficient (Wildman–Crippen LogP) is 4.11. The normalized spacial score (nSPS) is 12.5. The molecular formula is C14H11BrF3N. The lowest BCUT2D eigenvalue weighted by Crippen LogP contribution is -2.16. The average Bonchev–Trinajstić information content (AvgIpc) is 2.35. The van der Waals surface area contributed by atoms with Crippen molar-refractivity contribution in [3.8, 4) is 0 Å². The van der Waals surface area contributed by atoms with E-state index in [-0.39, 0.29) is 12.0 Å². The summed E-state index contributed by atoms with van der Waals surface area (Å²) in [6.07, 6.45) is 0.0967. The maximum Gasteiger partial charge on any atom is 0.128 e. The Balaban J connectivity index is 2.25. The molecule has 0 heterocycles. The number of halogens is 4. The second-order valence-electron chi connectivity index (χ2n) is 4.21. The first-order valence-electron chi connectivity index (χ1n) is 5.62. The first-order valence-corrected chi connectivity index (χ1v) is 6.41. The Morgan fingerprint density at radius 1 is 1.00 bits per heavy atom. The highest BCUT2D eigenvalue weighted by molar-refractivity contribution is 9.10. The number of nitrogens with two attached hydrogens (primary N) is 1. The first-order chi connectivity index (χ1) is 8.97. The molecule has 0 spiro atoms. The van der Waals surface area contributed by atoms with E-state index in [4.69, 9.17) is 5.73 Å². The molecule has 5 heteroatoms. The molecule has 2 aromatic carbocycles. The fraction of sp³-hybridized carbons (Fsp3) is 0.143. The van der Waals surface area contributed by atoms with Crippen LogP contribution in [0, 0.1) is 17.5 Å². The van der Waals surface area contributed by atoms with E-state index in [1.54, 1.807) is 12.1 Å². The highest BCUT2D eigenvalue weighted by atomic mass is 79.9. The van der Waals surface area contributed by atoms with Gasteiger partial charge in [-0.05, 0) is 42.3 Å². The van der Waals surface area contributed by atoms with Crippen molar-refractivity contribution in [2.75, 3.05) is 0 Å². The van der Waals surface area contributed by atoms with Gasteiger partial charge in [0.05, 0.1) is 0 Å². The van der Waals surface area contributed by atoms with Gasteiger partial charge in [-0.15, -0.1) is 0 Å². The summed E-state index contributed by atoms with van der Waals surface area (Å²) in [5.41, 5.74) is 6.22. The van der Waals surface area contributed by atoms with Crippen LogP contribution in [-0.4, -0.2) is 0 Å². The topological polar surface area (TPSA) is 26.0 Å². The third kappa shape index (κ3) is 3.36. The molecule has 100 valence electrons. The summed E-state index contributed by atoms with van der Waals surface area (Å²) in [7, 11) is 0. The van der Waals surface area contributed by atoms with Crippen molar-refractivity contribution in [2.45, 2.75) is 12.5 Å². The van der Waals surface area contributed by atoms with Crippen LogP contribution in [0.3, 0.4) is 0 Å². The summed E-state index contributed by atoms with van der Waals surface area (Å²) in [4.78, 5) is 0. The van der Waals surface area contributed by atoms with Crippen LogP contribution in [0.25, 0.3) is 0 Å². The van der Waals surface area contributed by atoms with E-state index in [2.05, 4.69) is 15.9 Å². The molecule has 0 saturated carbocycles. The molecule has 0 aromatic heterocycles. The molecule has 1 nitrogen and oxygen atoms in total. The fourth-order valence-corrected chi connectivity index (χ4v) is 2.17. The SMILES string of the molecule is NC(Cc1ccc(Br)cc1F)c1cc(F)ccc1F. The van der Waals surface area contributed by atoms with Gasteiger partial charge in [0.15, 0.2) is 0 Å². The van der Waals surface area contributed by atoms with Crippen LogP contribution in [0.2, 0.25) is 0 Å². The predicted molar refractivity (Wildman–Crippen MR) is 71.1 cm³/mol. The van der Waals surface area contributed by atoms with Crippen LogP contribution >= 0.6 is 15.9 Å². The van der Waals surface area contributed by atoms with Gasteiger partial charge in [0.2, 0.25) is 0 Å². The summed E-state index contributed by atoms with van der Waals surface area (Å²) in [5, 5.41) is 0. The molecule has 0 aliphatic rings. The van der Waals surface area contributed by atoms with Crippen molar-refractivity contribution < 1.29 is 13.2 Å². The molecule has 1 atom stereocenters. The van der Waals surface area contributed by atoms with Crippen molar-refractivity contribution in [2.24, 2.45) is 5.73 Å². The van der Waals surface area contributed by atoms with Crippen molar-refractivity contribution in [3.63, 3.8) is 0 Å². The quantitative estimate of drug-likeness (QED) is 0.901. The molecule has 0 amide bonds. The molecule has 0 radical (unpaired) electrons. The Bertz CT molecular complexity index is 601. The van der Waals surface area contributed by atoms with Crippen LogP contribution in [0.4, 0.5) is 13.2 Å². The molecule has 0 fully saturated rings. The van der Waals surface area contributed by atoms with Crippen LogP contribution in [0.15, 0.2) is 40.9 Å². The standard InChI is InChI=1S/C14H11BrF3N/c15-9-2-1-8(13(18)6-9)5-14(19)11-7-10(16)3-4-12(11)17/h1-4,6-7,14H,5,19H2. The highest BCUT2D eigenvalue weighted by Gasteiger charge is 2.15. The first kappa shape index (κ1) is 14.1. The van der Waals surface area contributed by atoms with Crippen LogP contribution in [0.5, 0.6) is 0 Å². The maximum absolute atomic E-state index is 13.7. The lowest BCUT2D eigenvalue weighted by atomic mass is 9.99. The van der Waals surface area contributed by atoms with Gasteiger partial charge >= 0.3 is 0 Å². The molecule has 0 aliphatic carbocycles. The van der Waals surface area contributed by atoms with Gasteiger partial charge in [-0.2, -0.15) is 0 Å². The smallest absolute Gasteiger partial charge is 0.128 e. The van der Waals surface area contributed by atoms with E-state index < -0.39 is 23.5 Å². The molecule has 2 N–H and O–H groups in total. The summed E-state index contributed by atoms with van der Waals surface area (Å²) >= 11 is 3.15. The third-order valence-electron chi connectivity index (χ3n) is 2.81. The summed E-state index contributed by atoms with van der Waals surface area (Å²) in [5.74, 6) is -1.59. The summed E-state index contributed by atoms with van der Waals surface area (Å²) in [6.45, 7) is 0. The number of hydrogen-bond donors (Lipinski definition) is 1. The van der Waals surface area contributed by atoms with E-state index in [1.807, 2.05) is 0 Å². The number of benzene rings is 2. The molecule has 1 unspecified atom stereocenters. The van der Waals surface area contributed by atoms with Gasteiger partial charge in [-0.25, -0.2) is 13.2 Å². The van der Waals surface area contributed by atoms with Gasteiger partial charge in [0.1, 0.15) is 17.5 Å². The zero-order valence-electron chi connectivity index (χ0n) is 9.84. The van der Waals surface area contributed by atoms with Crippen molar-refractivity contribution >= 4 is 15.9 Å². The average molecular weight is 330 g/mol. The van der Waals surface area contributed by atoms with E-state index in [9.17, 15) is 13.2 Å². The molecule has 19 heavy (non-hydrogen) atoms. The highest BCUT2D eigenvalue weighted by Crippen LogP contribution is 2.23. The number of rotatable bonds is 3. The maximum atomic E-state index is 13.7. The van der Waals surface area contributed by atoms with Crippen molar-refractivity contribution in [1.82, 2.24) is 0 Å². The Morgan fingerprint density at radius 2 is 1.74 bits per heavy atom. The Morgan fingerprint density at radius 3 is 2.42 bits per heavy atom. The molecule has 0 saturated heterocycles. The van der Waals surface area contributed by atoms with E-state index >= 15 is 0 Å². The van der Waals surface area contributed by atoms with Gasteiger partial charge in [-0.3, -0.25) is 0 Å². The fourth-order valence-electron chi connectivity index (χ4n) is 1.83. The van der Waals surface area contributed by atoms with Crippen molar-refractivity contribution in [3.05, 3.63) is 69.4 Å². The van der Waals surface area contributed by atoms with Crippen LogP contribution in [0.1, 0.15) is 17.2 Å². The molecule has 0 bridgehead atoms. The Hall–Kier alpha value is -1.33. The van der Waals surface area contributed by atoms with E-state index in [0.717, 1.165) is 18.2 Å². The summed E-state index contributed by atoms with van der Waals surface area (Å²) < 4.78 is 40.9. The molecule has 2 rings (SSSR count). The van der Waals surface area contributed by atoms with E-state index in [0.29, 0.717) is 10.0 Å². The van der Waals surface area contributed by atoms with Crippen LogP contribution in [-0.2, 0) is 6.42 Å². The van der Waals surface area contributed by atoms with Gasteiger partial charge in [-0.1, -0.05) is 22.0 Å². The summed E-state index contributed by atoms with van der Waals surface area (Å²) in [6, 6.07) is 6.82. The number of hydrogen-bond acceptors (Lipinski definition) is 1. The zero-order valence-corrected chi connectivity index (χ0v) is 11.4. The minimum atomic E-state index is -0.800. The monoisotopic (exact) mass is 329 g/mol. The lowest BCUT2D eigenvalue weighted by molar-refractivity contribution is 0.550. The largest absolute Gasteiger partial charge is 0.324 e. The minimum Gasteiger partial charge on any atom is -0.324 e. The Kier molecular flexibility index (Phi) is 4.27. The minimum absolute atomic E-state index is 0.0438. The third-order valence-corrected chi connectivity index (χ3v) is 3.31. The molecule has 0 aliphatic heterocycles. The zero-order chi connectivity index (χ0) is 14.0. The molecular weight excluding hydrogens is 319 g/mol. The second-order valence-corrected chi connectivity index (χ2v) is 5.13. The van der Waals surface area contributed by atoms with Gasteiger partial charge in [0, 0.05) is 16.1 Å². The molecule has 2 aromatic rings. The van der Waals surface area contributed by atoms with Crippen molar-refractivity contribution in [1.29, 1.82) is 0 Å².